The molecule has 0 aliphatic carbocycles. The molecule has 1 fully saturated rings. The first kappa shape index (κ1) is 10.9. The second-order valence-corrected chi connectivity index (χ2v) is 4.70. The number of imidazole rings is 2. The zero-order valence-corrected chi connectivity index (χ0v) is 10.2. The normalized spacial score (nSPS) is 23.6. The zero-order chi connectivity index (χ0) is 12.8. The smallest absolute Gasteiger partial charge is 0.167 e. The Morgan fingerprint density at radius 3 is 3.00 bits per heavy atom. The van der Waals surface area contributed by atoms with E-state index in [1.54, 1.807) is 18.9 Å². The molecule has 1 aliphatic heterocycles. The van der Waals surface area contributed by atoms with E-state index >= 15 is 0 Å². The van der Waals surface area contributed by atoms with Crippen molar-refractivity contribution in [3.63, 3.8) is 0 Å². The Bertz CT molecular complexity index is 734. The summed E-state index contributed by atoms with van der Waals surface area (Å²) >= 11 is 0. The van der Waals surface area contributed by atoms with Gasteiger partial charge in [0.25, 0.3) is 0 Å². The van der Waals surface area contributed by atoms with Crippen LogP contribution in [0.2, 0.25) is 0 Å². The average Bonchev–Trinajstić information content (AvgIpc) is 3.15. The van der Waals surface area contributed by atoms with Crippen LogP contribution in [0.4, 0.5) is 0 Å². The van der Waals surface area contributed by atoms with Gasteiger partial charge in [-0.1, -0.05) is 0 Å². The lowest BCUT2D eigenvalue weighted by Gasteiger charge is -2.13. The Morgan fingerprint density at radius 1 is 1.21 bits per heavy atom. The second kappa shape index (κ2) is 4.01. The van der Waals surface area contributed by atoms with Crippen molar-refractivity contribution in [3.05, 3.63) is 25.0 Å². The zero-order valence-electron chi connectivity index (χ0n) is 10.2. The van der Waals surface area contributed by atoms with Crippen LogP contribution in [-0.4, -0.2) is 41.7 Å². The third-order valence-electron chi connectivity index (χ3n) is 3.55. The van der Waals surface area contributed by atoms with Crippen molar-refractivity contribution in [2.24, 2.45) is 0 Å². The van der Waals surface area contributed by atoms with Crippen LogP contribution >= 0.6 is 0 Å². The molecule has 0 saturated carbocycles. The Hall–Kier alpha value is -1.99. The lowest BCUT2D eigenvalue weighted by molar-refractivity contribution is -0.0207. The first-order chi connectivity index (χ1) is 9.36. The summed E-state index contributed by atoms with van der Waals surface area (Å²) in [5.74, 6) is 0. The van der Waals surface area contributed by atoms with Crippen LogP contribution in [-0.2, 0) is 4.74 Å². The first-order valence-electron chi connectivity index (χ1n) is 6.27. The molecule has 2 unspecified atom stereocenters. The summed E-state index contributed by atoms with van der Waals surface area (Å²) in [6, 6.07) is 0. The van der Waals surface area contributed by atoms with Crippen LogP contribution in [0.3, 0.4) is 0 Å². The van der Waals surface area contributed by atoms with Gasteiger partial charge in [-0.15, -0.1) is 0 Å². The lowest BCUT2D eigenvalue weighted by Crippen LogP contribution is -2.14. The highest BCUT2D eigenvalue weighted by atomic mass is 16.5. The monoisotopic (exact) mass is 259 g/mol. The fourth-order valence-corrected chi connectivity index (χ4v) is 2.58. The van der Waals surface area contributed by atoms with Crippen molar-refractivity contribution in [2.45, 2.75) is 25.2 Å². The first-order valence-corrected chi connectivity index (χ1v) is 6.27. The number of nitrogens with zero attached hydrogens (tertiary/aromatic N) is 5. The minimum absolute atomic E-state index is 0.0566. The number of aliphatic hydroxyl groups excluding tert-OH is 1. The summed E-state index contributed by atoms with van der Waals surface area (Å²) in [4.78, 5) is 13.1. The molecule has 0 aromatic carbocycles. The van der Waals surface area contributed by atoms with Crippen molar-refractivity contribution in [2.75, 3.05) is 6.61 Å². The number of fused-ring (bicyclic) bond motifs is 3. The number of rotatable bonds is 2. The number of ether oxygens (including phenoxy) is 1. The van der Waals surface area contributed by atoms with Crippen molar-refractivity contribution >= 4 is 16.8 Å². The molecule has 7 nitrogen and oxygen atoms in total. The molecule has 19 heavy (non-hydrogen) atoms. The summed E-state index contributed by atoms with van der Waals surface area (Å²) in [7, 11) is 0. The molecule has 1 N–H and O–H groups in total. The maximum absolute atomic E-state index is 9.13. The molecule has 1 aliphatic rings. The quantitative estimate of drug-likeness (QED) is 0.734. The number of hydrogen-bond donors (Lipinski definition) is 1. The van der Waals surface area contributed by atoms with Crippen LogP contribution < -0.4 is 0 Å². The summed E-state index contributed by atoms with van der Waals surface area (Å²) in [5, 5.41) is 9.13. The van der Waals surface area contributed by atoms with Crippen molar-refractivity contribution in [1.29, 1.82) is 0 Å². The predicted octanol–water partition coefficient (Wildman–Crippen LogP) is 0.749. The van der Waals surface area contributed by atoms with E-state index < -0.39 is 0 Å². The molecule has 3 aromatic heterocycles. The minimum Gasteiger partial charge on any atom is -0.394 e. The van der Waals surface area contributed by atoms with E-state index in [2.05, 4.69) is 15.0 Å². The summed E-state index contributed by atoms with van der Waals surface area (Å²) in [5.41, 5.74) is 2.33. The average molecular weight is 259 g/mol. The van der Waals surface area contributed by atoms with Gasteiger partial charge in [0.2, 0.25) is 0 Å². The van der Waals surface area contributed by atoms with Crippen LogP contribution in [0.15, 0.2) is 25.0 Å². The molecule has 0 amide bonds. The van der Waals surface area contributed by atoms with Gasteiger partial charge in [0.05, 0.1) is 19.0 Å². The Balaban J connectivity index is 1.83. The maximum atomic E-state index is 9.13. The fraction of sp³-hybridized carbons (Fsp3) is 0.417. The van der Waals surface area contributed by atoms with E-state index in [0.29, 0.717) is 0 Å². The standard InChI is InChI=1S/C12H13N5O2/c18-5-8-1-2-9(19-8)17-7-14-10-11-13-3-4-16(11)6-15-12(10)17/h3-4,6-9,18H,1-2,5H2. The highest BCUT2D eigenvalue weighted by Crippen LogP contribution is 2.30. The van der Waals surface area contributed by atoms with Gasteiger partial charge in [-0.2, -0.15) is 0 Å². The SMILES string of the molecule is OCC1CCC(n2cnc3c2ncn2ccnc32)O1. The third-order valence-corrected chi connectivity index (χ3v) is 3.55. The molecule has 0 bridgehead atoms. The van der Waals surface area contributed by atoms with Gasteiger partial charge in [-0.05, 0) is 12.8 Å². The molecule has 1 saturated heterocycles. The lowest BCUT2D eigenvalue weighted by atomic mass is 10.2. The topological polar surface area (TPSA) is 77.5 Å². The molecular weight excluding hydrogens is 246 g/mol. The third kappa shape index (κ3) is 1.55. The molecule has 7 heteroatoms. The van der Waals surface area contributed by atoms with Crippen molar-refractivity contribution in [3.8, 4) is 0 Å². The molecule has 2 atom stereocenters. The Kier molecular flexibility index (Phi) is 2.30. The minimum atomic E-state index is -0.105. The van der Waals surface area contributed by atoms with Gasteiger partial charge in [-0.3, -0.25) is 8.97 Å². The largest absolute Gasteiger partial charge is 0.394 e. The molecule has 4 rings (SSSR count). The van der Waals surface area contributed by atoms with E-state index in [-0.39, 0.29) is 18.9 Å². The molecule has 0 spiro atoms. The van der Waals surface area contributed by atoms with Gasteiger partial charge in [0.15, 0.2) is 16.8 Å². The van der Waals surface area contributed by atoms with E-state index in [4.69, 9.17) is 9.84 Å². The van der Waals surface area contributed by atoms with Gasteiger partial charge in [0, 0.05) is 12.4 Å². The summed E-state index contributed by atoms with van der Waals surface area (Å²) in [6.45, 7) is 0.0566. The van der Waals surface area contributed by atoms with Crippen LogP contribution in [0.5, 0.6) is 0 Å². The molecular formula is C12H13N5O2. The highest BCUT2D eigenvalue weighted by Gasteiger charge is 2.27. The maximum Gasteiger partial charge on any atom is 0.167 e. The summed E-state index contributed by atoms with van der Waals surface area (Å²) < 4.78 is 9.52. The van der Waals surface area contributed by atoms with Crippen LogP contribution in [0, 0.1) is 0 Å². The Morgan fingerprint density at radius 2 is 2.16 bits per heavy atom. The number of aromatic nitrogens is 5. The van der Waals surface area contributed by atoms with Crippen LogP contribution in [0.25, 0.3) is 16.8 Å². The van der Waals surface area contributed by atoms with E-state index in [1.807, 2.05) is 15.2 Å². The van der Waals surface area contributed by atoms with Gasteiger partial charge >= 0.3 is 0 Å². The predicted molar refractivity (Wildman–Crippen MR) is 66.5 cm³/mol. The van der Waals surface area contributed by atoms with E-state index in [0.717, 1.165) is 29.7 Å². The van der Waals surface area contributed by atoms with Crippen molar-refractivity contribution < 1.29 is 9.84 Å². The van der Waals surface area contributed by atoms with Gasteiger partial charge in [-0.25, -0.2) is 15.0 Å². The highest BCUT2D eigenvalue weighted by molar-refractivity contribution is 5.85. The van der Waals surface area contributed by atoms with Crippen LogP contribution in [0.1, 0.15) is 19.1 Å². The van der Waals surface area contributed by atoms with Gasteiger partial charge in [0.1, 0.15) is 12.6 Å². The van der Waals surface area contributed by atoms with Gasteiger partial charge < -0.3 is 9.84 Å². The van der Waals surface area contributed by atoms with E-state index in [9.17, 15) is 0 Å². The second-order valence-electron chi connectivity index (χ2n) is 4.70. The number of hydrogen-bond acceptors (Lipinski definition) is 5. The van der Waals surface area contributed by atoms with Crippen molar-refractivity contribution in [1.82, 2.24) is 23.9 Å². The molecule has 98 valence electrons. The van der Waals surface area contributed by atoms with E-state index in [1.165, 1.54) is 0 Å². The molecule has 3 aromatic rings. The molecule has 0 radical (unpaired) electrons. The Labute approximate surface area is 108 Å². The molecule has 4 heterocycles. The fourth-order valence-electron chi connectivity index (χ4n) is 2.58. The summed E-state index contributed by atoms with van der Waals surface area (Å²) in [6.07, 6.45) is 8.55. The number of aliphatic hydroxyl groups is 1.